The van der Waals surface area contributed by atoms with Crippen molar-refractivity contribution in [2.75, 3.05) is 7.05 Å². The van der Waals surface area contributed by atoms with Crippen LogP contribution < -0.4 is 16.4 Å². The second kappa shape index (κ2) is 5.72. The molecule has 2 amide bonds. The zero-order chi connectivity index (χ0) is 18.6. The SMILES string of the molecule is CCC(C)(N)C1CC1(C)NC(=O)C(C)(CC)C1CC1(C)C(=O)NC. The van der Waals surface area contributed by atoms with Gasteiger partial charge in [-0.1, -0.05) is 27.7 Å². The van der Waals surface area contributed by atoms with E-state index in [2.05, 4.69) is 31.4 Å². The molecule has 6 unspecified atom stereocenters. The fraction of sp³-hybridized carbons (Fsp3) is 0.895. The Morgan fingerprint density at radius 3 is 2.17 bits per heavy atom. The number of amides is 2. The van der Waals surface area contributed by atoms with Crippen LogP contribution in [-0.4, -0.2) is 29.9 Å². The molecule has 24 heavy (non-hydrogen) atoms. The molecule has 5 nitrogen and oxygen atoms in total. The van der Waals surface area contributed by atoms with Crippen molar-refractivity contribution in [2.24, 2.45) is 28.4 Å². The highest BCUT2D eigenvalue weighted by Gasteiger charge is 2.66. The summed E-state index contributed by atoms with van der Waals surface area (Å²) < 4.78 is 0. The zero-order valence-corrected chi connectivity index (χ0v) is 16.4. The average molecular weight is 338 g/mol. The average Bonchev–Trinajstić information content (AvgIpc) is 3.42. The van der Waals surface area contributed by atoms with Gasteiger partial charge >= 0.3 is 0 Å². The first-order chi connectivity index (χ1) is 10.9. The highest BCUT2D eigenvalue weighted by atomic mass is 16.2. The second-order valence-corrected chi connectivity index (χ2v) is 9.01. The first kappa shape index (κ1) is 19.2. The highest BCUT2D eigenvalue weighted by Crippen LogP contribution is 2.62. The molecule has 0 bridgehead atoms. The number of carbonyl (C=O) groups is 2. The van der Waals surface area contributed by atoms with Crippen molar-refractivity contribution < 1.29 is 9.59 Å². The van der Waals surface area contributed by atoms with Gasteiger partial charge in [0.2, 0.25) is 11.8 Å². The van der Waals surface area contributed by atoms with Crippen LogP contribution in [0.15, 0.2) is 0 Å². The second-order valence-electron chi connectivity index (χ2n) is 9.01. The molecule has 0 aliphatic heterocycles. The topological polar surface area (TPSA) is 84.2 Å². The van der Waals surface area contributed by atoms with E-state index in [9.17, 15) is 9.59 Å². The lowest BCUT2D eigenvalue weighted by atomic mass is 9.77. The summed E-state index contributed by atoms with van der Waals surface area (Å²) in [5.41, 5.74) is 4.97. The van der Waals surface area contributed by atoms with E-state index < -0.39 is 10.8 Å². The Hall–Kier alpha value is -1.10. The maximum atomic E-state index is 13.1. The number of hydrogen-bond acceptors (Lipinski definition) is 3. The van der Waals surface area contributed by atoms with Gasteiger partial charge in [-0.15, -0.1) is 0 Å². The van der Waals surface area contributed by atoms with Crippen molar-refractivity contribution in [1.82, 2.24) is 10.6 Å². The first-order valence-electron chi connectivity index (χ1n) is 9.25. The Balaban J connectivity index is 2.10. The summed E-state index contributed by atoms with van der Waals surface area (Å²) in [6, 6.07) is 0. The van der Waals surface area contributed by atoms with E-state index in [1.54, 1.807) is 7.05 Å². The van der Waals surface area contributed by atoms with E-state index in [-0.39, 0.29) is 28.8 Å². The lowest BCUT2D eigenvalue weighted by molar-refractivity contribution is -0.134. The van der Waals surface area contributed by atoms with Crippen LogP contribution in [0.3, 0.4) is 0 Å². The molecular weight excluding hydrogens is 302 g/mol. The van der Waals surface area contributed by atoms with E-state index in [1.807, 2.05) is 20.8 Å². The van der Waals surface area contributed by atoms with E-state index in [0.717, 1.165) is 25.7 Å². The Bertz CT molecular complexity index is 547. The standard InChI is InChI=1S/C19H35N3O2/c1-8-16(3,12-10-17(12,4)14(23)21-7)15(24)22-19(6)11-13(19)18(5,20)9-2/h12-13H,8-11,20H2,1-7H3,(H,21,23)(H,22,24). The molecule has 0 heterocycles. The van der Waals surface area contributed by atoms with E-state index >= 15 is 0 Å². The smallest absolute Gasteiger partial charge is 0.226 e. The summed E-state index contributed by atoms with van der Waals surface area (Å²) in [4.78, 5) is 25.3. The molecule has 2 saturated carbocycles. The zero-order valence-electron chi connectivity index (χ0n) is 16.4. The molecule has 2 fully saturated rings. The summed E-state index contributed by atoms with van der Waals surface area (Å²) in [7, 11) is 1.66. The third-order valence-electron chi connectivity index (χ3n) is 7.20. The van der Waals surface area contributed by atoms with Gasteiger partial charge in [0, 0.05) is 29.5 Å². The van der Waals surface area contributed by atoms with Crippen LogP contribution >= 0.6 is 0 Å². The first-order valence-corrected chi connectivity index (χ1v) is 9.25. The van der Waals surface area contributed by atoms with Crippen molar-refractivity contribution in [1.29, 1.82) is 0 Å². The number of nitrogens with two attached hydrogens (primary N) is 1. The van der Waals surface area contributed by atoms with Crippen molar-refractivity contribution in [3.05, 3.63) is 0 Å². The maximum Gasteiger partial charge on any atom is 0.226 e. The monoisotopic (exact) mass is 337 g/mol. The van der Waals surface area contributed by atoms with Crippen molar-refractivity contribution >= 4 is 11.8 Å². The largest absolute Gasteiger partial charge is 0.359 e. The number of carbonyl (C=O) groups excluding carboxylic acids is 2. The van der Waals surface area contributed by atoms with Gasteiger partial charge in [-0.2, -0.15) is 0 Å². The van der Waals surface area contributed by atoms with Crippen LogP contribution in [0, 0.1) is 22.7 Å². The molecule has 5 heteroatoms. The molecule has 2 rings (SSSR count). The van der Waals surface area contributed by atoms with Gasteiger partial charge in [0.25, 0.3) is 0 Å². The Morgan fingerprint density at radius 1 is 1.12 bits per heavy atom. The highest BCUT2D eigenvalue weighted by molar-refractivity contribution is 5.90. The van der Waals surface area contributed by atoms with Crippen molar-refractivity contribution in [3.63, 3.8) is 0 Å². The Kier molecular flexibility index (Phi) is 4.58. The third kappa shape index (κ3) is 2.85. The summed E-state index contributed by atoms with van der Waals surface area (Å²) in [5, 5.41) is 6.02. The molecule has 6 atom stereocenters. The maximum absolute atomic E-state index is 13.1. The molecule has 0 radical (unpaired) electrons. The van der Waals surface area contributed by atoms with Gasteiger partial charge in [-0.25, -0.2) is 0 Å². The van der Waals surface area contributed by atoms with E-state index in [4.69, 9.17) is 5.73 Å². The van der Waals surface area contributed by atoms with E-state index in [1.165, 1.54) is 0 Å². The predicted molar refractivity (Wildman–Crippen MR) is 96.2 cm³/mol. The van der Waals surface area contributed by atoms with Crippen LogP contribution in [0.1, 0.15) is 67.2 Å². The fourth-order valence-corrected chi connectivity index (χ4v) is 4.51. The lowest BCUT2D eigenvalue weighted by Gasteiger charge is -2.33. The summed E-state index contributed by atoms with van der Waals surface area (Å²) in [5.74, 6) is 0.506. The molecule has 138 valence electrons. The van der Waals surface area contributed by atoms with Crippen molar-refractivity contribution in [2.45, 2.75) is 78.3 Å². The summed E-state index contributed by atoms with van der Waals surface area (Å²) in [6.07, 6.45) is 3.32. The fourth-order valence-electron chi connectivity index (χ4n) is 4.51. The third-order valence-corrected chi connectivity index (χ3v) is 7.20. The minimum atomic E-state index is -0.519. The normalized spacial score (nSPS) is 39.3. The molecule has 0 saturated heterocycles. The van der Waals surface area contributed by atoms with Gasteiger partial charge in [0.1, 0.15) is 0 Å². The minimum absolute atomic E-state index is 0.0380. The van der Waals surface area contributed by atoms with Crippen LogP contribution in [-0.2, 0) is 9.59 Å². The molecule has 4 N–H and O–H groups in total. The molecule has 0 aromatic carbocycles. The molecule has 0 spiro atoms. The molecular formula is C19H35N3O2. The number of rotatable bonds is 7. The molecule has 0 aromatic heterocycles. The van der Waals surface area contributed by atoms with Crippen LogP contribution in [0.5, 0.6) is 0 Å². The lowest BCUT2D eigenvalue weighted by Crippen LogP contribution is -2.50. The number of hydrogen-bond donors (Lipinski definition) is 3. The summed E-state index contributed by atoms with van der Waals surface area (Å²) in [6.45, 7) is 12.3. The minimum Gasteiger partial charge on any atom is -0.359 e. The van der Waals surface area contributed by atoms with Gasteiger partial charge in [-0.05, 0) is 45.4 Å². The van der Waals surface area contributed by atoms with Gasteiger partial charge in [0.15, 0.2) is 0 Å². The van der Waals surface area contributed by atoms with Crippen LogP contribution in [0.2, 0.25) is 0 Å². The number of nitrogens with one attached hydrogen (secondary N) is 2. The molecule has 2 aliphatic carbocycles. The van der Waals surface area contributed by atoms with Crippen molar-refractivity contribution in [3.8, 4) is 0 Å². The van der Waals surface area contributed by atoms with Gasteiger partial charge in [-0.3, -0.25) is 9.59 Å². The Labute approximate surface area is 146 Å². The quantitative estimate of drug-likeness (QED) is 0.666. The molecule has 0 aromatic rings. The predicted octanol–water partition coefficient (Wildman–Crippen LogP) is 2.20. The Morgan fingerprint density at radius 2 is 1.71 bits per heavy atom. The van der Waals surface area contributed by atoms with Crippen LogP contribution in [0.25, 0.3) is 0 Å². The molecule has 2 aliphatic rings. The van der Waals surface area contributed by atoms with Gasteiger partial charge in [0.05, 0.1) is 5.41 Å². The van der Waals surface area contributed by atoms with E-state index in [0.29, 0.717) is 5.92 Å². The summed E-state index contributed by atoms with van der Waals surface area (Å²) >= 11 is 0. The van der Waals surface area contributed by atoms with Crippen LogP contribution in [0.4, 0.5) is 0 Å². The van der Waals surface area contributed by atoms with Gasteiger partial charge < -0.3 is 16.4 Å².